The number of benzene rings is 1. The summed E-state index contributed by atoms with van der Waals surface area (Å²) in [6, 6.07) is 10.6. The third-order valence-electron chi connectivity index (χ3n) is 3.68. The van der Waals surface area contributed by atoms with Crippen molar-refractivity contribution in [1.29, 1.82) is 5.26 Å². The van der Waals surface area contributed by atoms with Crippen molar-refractivity contribution in [3.8, 4) is 17.4 Å². The van der Waals surface area contributed by atoms with E-state index in [1.165, 1.54) is 6.21 Å². The number of nitrogens with two attached hydrogens (primary N) is 1. The highest BCUT2D eigenvalue weighted by Gasteiger charge is 2.18. The first-order chi connectivity index (χ1) is 12.9. The minimum atomic E-state index is -0.446. The molecule has 0 saturated heterocycles. The van der Waals surface area contributed by atoms with Gasteiger partial charge < -0.3 is 10.2 Å². The normalized spacial score (nSPS) is 10.9. The number of nitrogen functional groups attached to an aromatic ring is 1. The smallest absolute Gasteiger partial charge is 0.281 e. The zero-order valence-corrected chi connectivity index (χ0v) is 16.2. The van der Waals surface area contributed by atoms with Gasteiger partial charge in [-0.2, -0.15) is 10.4 Å². The number of nitriles is 1. The van der Waals surface area contributed by atoms with Gasteiger partial charge in [0.1, 0.15) is 27.5 Å². The Kier molecular flexibility index (Phi) is 5.51. The van der Waals surface area contributed by atoms with Crippen molar-refractivity contribution in [3.63, 3.8) is 0 Å². The number of amides is 1. The quantitative estimate of drug-likeness (QED) is 0.466. The number of anilines is 1. The van der Waals surface area contributed by atoms with Gasteiger partial charge in [0.05, 0.1) is 21.8 Å². The van der Waals surface area contributed by atoms with E-state index >= 15 is 0 Å². The Labute approximate surface area is 168 Å². The molecule has 0 bridgehead atoms. The minimum Gasteiger partial charge on any atom is -0.455 e. The molecule has 2 heterocycles. The van der Waals surface area contributed by atoms with Crippen molar-refractivity contribution in [1.82, 2.24) is 5.43 Å². The molecule has 0 spiro atoms. The number of nitrogens with zero attached hydrogens (tertiary/aromatic N) is 2. The summed E-state index contributed by atoms with van der Waals surface area (Å²) in [5.74, 6) is 0.580. The second-order valence-corrected chi connectivity index (χ2v) is 7.30. The molecular weight excluding hydrogens is 407 g/mol. The van der Waals surface area contributed by atoms with E-state index < -0.39 is 5.91 Å². The number of thiophene rings is 1. The maximum Gasteiger partial charge on any atom is 0.281 e. The number of hydrazone groups is 1. The molecule has 136 valence electrons. The molecule has 0 radical (unpaired) electrons. The lowest BCUT2D eigenvalue weighted by Crippen LogP contribution is -2.17. The lowest BCUT2D eigenvalue weighted by atomic mass is 10.2. The van der Waals surface area contributed by atoms with Crippen LogP contribution < -0.4 is 11.2 Å². The molecule has 0 aliphatic rings. The molecule has 9 heteroatoms. The van der Waals surface area contributed by atoms with E-state index in [0.29, 0.717) is 42.6 Å². The van der Waals surface area contributed by atoms with Gasteiger partial charge in [-0.3, -0.25) is 4.79 Å². The fourth-order valence-corrected chi connectivity index (χ4v) is 3.54. The second kappa shape index (κ2) is 7.84. The van der Waals surface area contributed by atoms with Crippen LogP contribution in [0.15, 0.2) is 39.9 Å². The zero-order chi connectivity index (χ0) is 19.6. The van der Waals surface area contributed by atoms with E-state index in [1.54, 1.807) is 37.3 Å². The molecule has 27 heavy (non-hydrogen) atoms. The van der Waals surface area contributed by atoms with Crippen molar-refractivity contribution < 1.29 is 9.21 Å². The zero-order valence-electron chi connectivity index (χ0n) is 13.9. The largest absolute Gasteiger partial charge is 0.455 e. The summed E-state index contributed by atoms with van der Waals surface area (Å²) in [5.41, 5.74) is 9.74. The van der Waals surface area contributed by atoms with Crippen LogP contribution in [0.4, 0.5) is 5.00 Å². The first-order valence-corrected chi connectivity index (χ1v) is 9.15. The molecule has 1 amide bonds. The SMILES string of the molecule is Cc1c(C(=O)N/N=C/c2ccc(-c3ccc(Cl)c(Cl)c3)o2)sc(N)c1C#N. The lowest BCUT2D eigenvalue weighted by Gasteiger charge is -1.99. The molecule has 3 N–H and O–H groups in total. The second-order valence-electron chi connectivity index (χ2n) is 5.44. The van der Waals surface area contributed by atoms with E-state index in [4.69, 9.17) is 38.6 Å². The highest BCUT2D eigenvalue weighted by atomic mass is 35.5. The fraction of sp³-hybridized carbons (Fsp3) is 0.0556. The van der Waals surface area contributed by atoms with E-state index in [0.717, 1.165) is 16.9 Å². The molecule has 0 fully saturated rings. The minimum absolute atomic E-state index is 0.307. The molecule has 0 saturated carbocycles. The Bertz CT molecular complexity index is 1100. The van der Waals surface area contributed by atoms with Crippen molar-refractivity contribution in [2.45, 2.75) is 6.92 Å². The molecule has 3 aromatic rings. The van der Waals surface area contributed by atoms with Gasteiger partial charge in [-0.05, 0) is 42.8 Å². The maximum atomic E-state index is 12.2. The summed E-state index contributed by atoms with van der Waals surface area (Å²) < 4.78 is 5.65. The van der Waals surface area contributed by atoms with E-state index in [1.807, 2.05) is 6.07 Å². The summed E-state index contributed by atoms with van der Waals surface area (Å²) >= 11 is 13.0. The topological polar surface area (TPSA) is 104 Å². The molecule has 2 aromatic heterocycles. The summed E-state index contributed by atoms with van der Waals surface area (Å²) in [6.07, 6.45) is 1.37. The third kappa shape index (κ3) is 3.98. The van der Waals surface area contributed by atoms with Crippen LogP contribution in [0.5, 0.6) is 0 Å². The number of halogens is 2. The van der Waals surface area contributed by atoms with E-state index in [-0.39, 0.29) is 0 Å². The Morgan fingerprint density at radius 1 is 1.33 bits per heavy atom. The van der Waals surface area contributed by atoms with Crippen LogP contribution in [0, 0.1) is 18.3 Å². The van der Waals surface area contributed by atoms with Gasteiger partial charge in [-0.25, -0.2) is 5.43 Å². The van der Waals surface area contributed by atoms with Gasteiger partial charge in [-0.1, -0.05) is 23.2 Å². The molecule has 6 nitrogen and oxygen atoms in total. The van der Waals surface area contributed by atoms with Gasteiger partial charge in [-0.15, -0.1) is 11.3 Å². The average Bonchev–Trinajstić information content (AvgIpc) is 3.21. The number of furan rings is 1. The van der Waals surface area contributed by atoms with Crippen molar-refractivity contribution in [2.24, 2.45) is 5.10 Å². The Morgan fingerprint density at radius 2 is 2.11 bits per heavy atom. The van der Waals surface area contributed by atoms with Gasteiger partial charge >= 0.3 is 0 Å². The molecule has 0 atom stereocenters. The van der Waals surface area contributed by atoms with Crippen molar-refractivity contribution >= 4 is 51.7 Å². The number of rotatable bonds is 4. The number of nitrogens with one attached hydrogen (secondary N) is 1. The highest BCUT2D eigenvalue weighted by Crippen LogP contribution is 2.30. The summed E-state index contributed by atoms with van der Waals surface area (Å²) in [7, 11) is 0. The lowest BCUT2D eigenvalue weighted by molar-refractivity contribution is 0.0958. The number of hydrogen-bond donors (Lipinski definition) is 2. The predicted octanol–water partition coefficient (Wildman–Crippen LogP) is 4.84. The monoisotopic (exact) mass is 418 g/mol. The van der Waals surface area contributed by atoms with Crippen LogP contribution in [-0.4, -0.2) is 12.1 Å². The van der Waals surface area contributed by atoms with Crippen LogP contribution in [0.25, 0.3) is 11.3 Å². The van der Waals surface area contributed by atoms with Crippen LogP contribution in [0.2, 0.25) is 10.0 Å². The molecule has 3 rings (SSSR count). The Balaban J connectivity index is 1.70. The molecule has 0 unspecified atom stereocenters. The van der Waals surface area contributed by atoms with Crippen molar-refractivity contribution in [2.75, 3.05) is 5.73 Å². The summed E-state index contributed by atoms with van der Waals surface area (Å²) in [6.45, 7) is 1.67. The Morgan fingerprint density at radius 3 is 2.78 bits per heavy atom. The number of hydrogen-bond acceptors (Lipinski definition) is 6. The maximum absolute atomic E-state index is 12.2. The highest BCUT2D eigenvalue weighted by molar-refractivity contribution is 7.18. The van der Waals surface area contributed by atoms with Gasteiger partial charge in [0, 0.05) is 5.56 Å². The van der Waals surface area contributed by atoms with E-state index in [9.17, 15) is 4.79 Å². The molecular formula is C18H12Cl2N4O2S. The van der Waals surface area contributed by atoms with Crippen LogP contribution in [0.1, 0.15) is 26.6 Å². The predicted molar refractivity (Wildman–Crippen MR) is 107 cm³/mol. The van der Waals surface area contributed by atoms with Crippen LogP contribution in [0.3, 0.4) is 0 Å². The first kappa shape index (κ1) is 19.0. The van der Waals surface area contributed by atoms with Gasteiger partial charge in [0.25, 0.3) is 5.91 Å². The van der Waals surface area contributed by atoms with Crippen LogP contribution >= 0.6 is 34.5 Å². The third-order valence-corrected chi connectivity index (χ3v) is 5.54. The molecule has 0 aliphatic heterocycles. The number of carbonyl (C=O) groups is 1. The van der Waals surface area contributed by atoms with Gasteiger partial charge in [0.15, 0.2) is 0 Å². The first-order valence-electron chi connectivity index (χ1n) is 7.58. The van der Waals surface area contributed by atoms with Crippen LogP contribution in [-0.2, 0) is 0 Å². The standard InChI is InChI=1S/C18H12Cl2N4O2S/c1-9-12(7-21)17(22)27-16(9)18(25)24-23-8-11-3-5-15(26-11)10-2-4-13(19)14(20)6-10/h2-6,8H,22H2,1H3,(H,24,25)/b23-8+. The molecule has 1 aromatic carbocycles. The molecule has 0 aliphatic carbocycles. The van der Waals surface area contributed by atoms with Gasteiger partial charge in [0.2, 0.25) is 0 Å². The van der Waals surface area contributed by atoms with Crippen molar-refractivity contribution in [3.05, 3.63) is 62.1 Å². The summed E-state index contributed by atoms with van der Waals surface area (Å²) in [4.78, 5) is 12.5. The average molecular weight is 419 g/mol. The fourth-order valence-electron chi connectivity index (χ4n) is 2.32. The summed E-state index contributed by atoms with van der Waals surface area (Å²) in [5, 5.41) is 14.1. The van der Waals surface area contributed by atoms with E-state index in [2.05, 4.69) is 10.5 Å². The Hall–Kier alpha value is -2.79. The number of carbonyl (C=O) groups excluding carboxylic acids is 1.